The van der Waals surface area contributed by atoms with Crippen molar-refractivity contribution in [2.24, 2.45) is 0 Å². The van der Waals surface area contributed by atoms with Crippen molar-refractivity contribution >= 4 is 5.70 Å². The van der Waals surface area contributed by atoms with Gasteiger partial charge in [0.15, 0.2) is 0 Å². The normalized spacial score (nSPS) is 15.3. The zero-order chi connectivity index (χ0) is 9.10. The van der Waals surface area contributed by atoms with E-state index in [2.05, 4.69) is 42.6 Å². The first kappa shape index (κ1) is 8.36. The molecule has 70 valence electrons. The minimum absolute atomic E-state index is 0. The van der Waals surface area contributed by atoms with Crippen LogP contribution in [0.1, 0.15) is 25.9 Å². The van der Waals surface area contributed by atoms with E-state index in [1.165, 1.54) is 16.8 Å². The minimum Gasteiger partial charge on any atom is -0.385 e. The summed E-state index contributed by atoms with van der Waals surface area (Å²) in [6.45, 7) is 3.28. The second-order valence-electron chi connectivity index (χ2n) is 3.39. The van der Waals surface area contributed by atoms with E-state index in [1.54, 1.807) is 0 Å². The fraction of sp³-hybridized carbons (Fsp3) is 0.333. The molecule has 0 bridgehead atoms. The lowest BCUT2D eigenvalue weighted by Crippen LogP contribution is -2.06. The molecule has 0 amide bonds. The van der Waals surface area contributed by atoms with Crippen molar-refractivity contribution in [1.82, 2.24) is 5.32 Å². The Morgan fingerprint density at radius 3 is 3.08 bits per heavy atom. The predicted octanol–water partition coefficient (Wildman–Crippen LogP) is 2.83. The van der Waals surface area contributed by atoms with Crippen molar-refractivity contribution in [1.29, 1.82) is 0 Å². The van der Waals surface area contributed by atoms with Gasteiger partial charge in [0.1, 0.15) is 0 Å². The van der Waals surface area contributed by atoms with E-state index >= 15 is 0 Å². The van der Waals surface area contributed by atoms with Crippen LogP contribution in [0, 0.1) is 0 Å². The average Bonchev–Trinajstić information content (AvgIpc) is 2.71. The van der Waals surface area contributed by atoms with Gasteiger partial charge in [-0.2, -0.15) is 0 Å². The largest absolute Gasteiger partial charge is 0.385 e. The number of benzene rings is 1. The number of aryl methyl sites for hydroxylation is 1. The zero-order valence-corrected chi connectivity index (χ0v) is 8.01. The molecule has 1 N–H and O–H groups in total. The third-order valence-corrected chi connectivity index (χ3v) is 2.45. The summed E-state index contributed by atoms with van der Waals surface area (Å²) in [7, 11) is 0. The number of nitrogens with one attached hydrogen (secondary N) is 1. The maximum absolute atomic E-state index is 3.39. The van der Waals surface area contributed by atoms with E-state index in [1.807, 2.05) is 0 Å². The lowest BCUT2D eigenvalue weighted by Gasteiger charge is -2.05. The SMILES string of the molecule is CCc1cccc(C2=CCCN2)c1.[HH]. The second-order valence-corrected chi connectivity index (χ2v) is 3.39. The average molecular weight is 175 g/mol. The Morgan fingerprint density at radius 1 is 1.46 bits per heavy atom. The van der Waals surface area contributed by atoms with Crippen LogP contribution in [0.4, 0.5) is 0 Å². The Hall–Kier alpha value is -1.24. The first-order valence-electron chi connectivity index (χ1n) is 4.93. The number of hydrogen-bond donors (Lipinski definition) is 1. The summed E-state index contributed by atoms with van der Waals surface area (Å²) in [4.78, 5) is 0. The van der Waals surface area contributed by atoms with Crippen LogP contribution in [0.5, 0.6) is 0 Å². The fourth-order valence-corrected chi connectivity index (χ4v) is 1.67. The Labute approximate surface area is 81.0 Å². The third-order valence-electron chi connectivity index (χ3n) is 2.45. The molecule has 2 rings (SSSR count). The molecule has 0 spiro atoms. The standard InChI is InChI=1S/C12H15N.H2/c1-2-10-5-3-6-11(9-10)12-7-4-8-13-12;/h3,5-7,9,13H,2,4,8H2,1H3;1H. The highest BCUT2D eigenvalue weighted by Crippen LogP contribution is 2.17. The Morgan fingerprint density at radius 2 is 2.38 bits per heavy atom. The molecule has 1 nitrogen and oxygen atoms in total. The van der Waals surface area contributed by atoms with Crippen LogP contribution in [-0.2, 0) is 6.42 Å². The van der Waals surface area contributed by atoms with Gasteiger partial charge in [0.2, 0.25) is 0 Å². The van der Waals surface area contributed by atoms with E-state index < -0.39 is 0 Å². The lowest BCUT2D eigenvalue weighted by atomic mass is 10.1. The van der Waals surface area contributed by atoms with Crippen LogP contribution in [-0.4, -0.2) is 6.54 Å². The number of hydrogen-bond acceptors (Lipinski definition) is 1. The molecular weight excluding hydrogens is 158 g/mol. The van der Waals surface area contributed by atoms with Gasteiger partial charge in [0.05, 0.1) is 0 Å². The van der Waals surface area contributed by atoms with Gasteiger partial charge in [0, 0.05) is 13.7 Å². The lowest BCUT2D eigenvalue weighted by molar-refractivity contribution is 0.927. The second kappa shape index (κ2) is 3.65. The van der Waals surface area contributed by atoms with E-state index in [0.29, 0.717) is 0 Å². The van der Waals surface area contributed by atoms with Gasteiger partial charge >= 0.3 is 0 Å². The van der Waals surface area contributed by atoms with Gasteiger partial charge in [-0.05, 0) is 30.0 Å². The number of rotatable bonds is 2. The molecule has 1 heteroatoms. The van der Waals surface area contributed by atoms with Gasteiger partial charge in [-0.15, -0.1) is 0 Å². The monoisotopic (exact) mass is 175 g/mol. The van der Waals surface area contributed by atoms with E-state index in [-0.39, 0.29) is 1.43 Å². The summed E-state index contributed by atoms with van der Waals surface area (Å²) in [6.07, 6.45) is 4.54. The first-order valence-corrected chi connectivity index (χ1v) is 4.93. The molecule has 0 saturated heterocycles. The van der Waals surface area contributed by atoms with Gasteiger partial charge in [0.25, 0.3) is 0 Å². The summed E-state index contributed by atoms with van der Waals surface area (Å²) in [5.74, 6) is 0. The molecule has 1 aliphatic rings. The van der Waals surface area contributed by atoms with Crippen molar-refractivity contribution < 1.29 is 1.43 Å². The van der Waals surface area contributed by atoms with Gasteiger partial charge in [-0.25, -0.2) is 0 Å². The molecule has 1 aromatic carbocycles. The molecule has 0 unspecified atom stereocenters. The summed E-state index contributed by atoms with van der Waals surface area (Å²) in [6, 6.07) is 8.75. The molecule has 0 aliphatic carbocycles. The maximum Gasteiger partial charge on any atom is 0.0374 e. The van der Waals surface area contributed by atoms with Crippen molar-refractivity contribution in [2.75, 3.05) is 6.54 Å². The van der Waals surface area contributed by atoms with Crippen LogP contribution in [0.15, 0.2) is 30.3 Å². The fourth-order valence-electron chi connectivity index (χ4n) is 1.67. The Bertz CT molecular complexity index is 331. The van der Waals surface area contributed by atoms with Crippen LogP contribution in [0.3, 0.4) is 0 Å². The van der Waals surface area contributed by atoms with Crippen LogP contribution in [0.2, 0.25) is 0 Å². The maximum atomic E-state index is 3.39. The molecule has 1 aliphatic heterocycles. The van der Waals surface area contributed by atoms with E-state index in [0.717, 1.165) is 19.4 Å². The summed E-state index contributed by atoms with van der Waals surface area (Å²) >= 11 is 0. The molecule has 0 aromatic heterocycles. The topological polar surface area (TPSA) is 12.0 Å². The molecule has 0 radical (unpaired) electrons. The van der Waals surface area contributed by atoms with Crippen molar-refractivity contribution in [3.8, 4) is 0 Å². The summed E-state index contributed by atoms with van der Waals surface area (Å²) < 4.78 is 0. The molecule has 1 aromatic rings. The smallest absolute Gasteiger partial charge is 0.0374 e. The minimum atomic E-state index is 0. The van der Waals surface area contributed by atoms with Crippen LogP contribution >= 0.6 is 0 Å². The molecule has 13 heavy (non-hydrogen) atoms. The summed E-state index contributed by atoms with van der Waals surface area (Å²) in [5.41, 5.74) is 4.04. The highest BCUT2D eigenvalue weighted by molar-refractivity contribution is 5.65. The highest BCUT2D eigenvalue weighted by atomic mass is 14.9. The van der Waals surface area contributed by atoms with Gasteiger partial charge in [-0.3, -0.25) is 0 Å². The van der Waals surface area contributed by atoms with Crippen LogP contribution < -0.4 is 5.32 Å². The molecule has 0 fully saturated rings. The molecule has 0 atom stereocenters. The zero-order valence-electron chi connectivity index (χ0n) is 8.01. The molecule has 0 saturated carbocycles. The highest BCUT2D eigenvalue weighted by Gasteiger charge is 2.05. The quantitative estimate of drug-likeness (QED) is 0.728. The van der Waals surface area contributed by atoms with Crippen molar-refractivity contribution in [3.05, 3.63) is 41.5 Å². The Kier molecular flexibility index (Phi) is 2.35. The van der Waals surface area contributed by atoms with Gasteiger partial charge < -0.3 is 5.32 Å². The van der Waals surface area contributed by atoms with Crippen molar-refractivity contribution in [2.45, 2.75) is 19.8 Å². The van der Waals surface area contributed by atoms with E-state index in [4.69, 9.17) is 0 Å². The molecular formula is C12H17N. The summed E-state index contributed by atoms with van der Waals surface area (Å²) in [5, 5.41) is 3.39. The Balaban J connectivity index is 0.000000980. The van der Waals surface area contributed by atoms with Crippen molar-refractivity contribution in [3.63, 3.8) is 0 Å². The predicted molar refractivity (Wildman–Crippen MR) is 58.5 cm³/mol. The van der Waals surface area contributed by atoms with Gasteiger partial charge in [-0.1, -0.05) is 31.2 Å². The van der Waals surface area contributed by atoms with Crippen LogP contribution in [0.25, 0.3) is 5.70 Å². The third kappa shape index (κ3) is 1.74. The molecule has 1 heterocycles. The van der Waals surface area contributed by atoms with E-state index in [9.17, 15) is 0 Å². The first-order chi connectivity index (χ1) is 6.40.